The highest BCUT2D eigenvalue weighted by Crippen LogP contribution is 2.17. The second-order valence-corrected chi connectivity index (χ2v) is 5.74. The largest absolute Gasteiger partial charge is 0.465 e. The van der Waals surface area contributed by atoms with Crippen LogP contribution in [-0.4, -0.2) is 36.0 Å². The van der Waals surface area contributed by atoms with Crippen LogP contribution in [0.2, 0.25) is 0 Å². The lowest BCUT2D eigenvalue weighted by molar-refractivity contribution is -0.128. The minimum absolute atomic E-state index is 0.195. The molecule has 0 unspecified atom stereocenters. The number of methoxy groups -OCH3 is 1. The number of nitrogens with one attached hydrogen (secondary N) is 1. The number of amides is 3. The SMILES string of the molecule is COC(=O)c1ccc(CN2C(=O)N[C@H](CC(C)C)C2=O)cc1. The number of urea groups is 1. The van der Waals surface area contributed by atoms with Crippen molar-refractivity contribution in [1.29, 1.82) is 0 Å². The molecule has 1 heterocycles. The van der Waals surface area contributed by atoms with Crippen molar-refractivity contribution in [2.24, 2.45) is 5.92 Å². The first-order valence-electron chi connectivity index (χ1n) is 7.21. The van der Waals surface area contributed by atoms with Gasteiger partial charge >= 0.3 is 12.0 Å². The summed E-state index contributed by atoms with van der Waals surface area (Å²) < 4.78 is 4.63. The zero-order valence-electron chi connectivity index (χ0n) is 13.0. The quantitative estimate of drug-likeness (QED) is 0.666. The molecule has 1 atom stereocenters. The maximum atomic E-state index is 12.2. The molecule has 3 amide bonds. The summed E-state index contributed by atoms with van der Waals surface area (Å²) in [6.07, 6.45) is 0.627. The Kier molecular flexibility index (Phi) is 4.80. The van der Waals surface area contributed by atoms with Crippen molar-refractivity contribution in [3.8, 4) is 0 Å². The molecule has 0 bridgehead atoms. The van der Waals surface area contributed by atoms with Crippen molar-refractivity contribution in [2.45, 2.75) is 32.9 Å². The first kappa shape index (κ1) is 16.0. The molecule has 0 radical (unpaired) electrons. The summed E-state index contributed by atoms with van der Waals surface area (Å²) in [5.41, 5.74) is 1.21. The second-order valence-electron chi connectivity index (χ2n) is 5.74. The molecular formula is C16H20N2O4. The highest BCUT2D eigenvalue weighted by atomic mass is 16.5. The molecule has 2 rings (SSSR count). The zero-order valence-corrected chi connectivity index (χ0v) is 13.0. The lowest BCUT2D eigenvalue weighted by Gasteiger charge is -2.14. The predicted molar refractivity (Wildman–Crippen MR) is 80.1 cm³/mol. The van der Waals surface area contributed by atoms with Gasteiger partial charge in [0.2, 0.25) is 0 Å². The van der Waals surface area contributed by atoms with Gasteiger partial charge < -0.3 is 10.1 Å². The Morgan fingerprint density at radius 1 is 1.27 bits per heavy atom. The maximum absolute atomic E-state index is 12.2. The Morgan fingerprint density at radius 2 is 1.91 bits per heavy atom. The van der Waals surface area contributed by atoms with Crippen LogP contribution in [0.3, 0.4) is 0 Å². The summed E-state index contributed by atoms with van der Waals surface area (Å²) >= 11 is 0. The summed E-state index contributed by atoms with van der Waals surface area (Å²) in [6.45, 7) is 4.21. The van der Waals surface area contributed by atoms with Crippen LogP contribution in [0, 0.1) is 5.92 Å². The lowest BCUT2D eigenvalue weighted by atomic mass is 10.0. The summed E-state index contributed by atoms with van der Waals surface area (Å²) in [5, 5.41) is 2.71. The van der Waals surface area contributed by atoms with Gasteiger partial charge in [0.25, 0.3) is 5.91 Å². The molecule has 1 N–H and O–H groups in total. The molecule has 1 aliphatic rings. The molecule has 0 aromatic heterocycles. The number of benzene rings is 1. The zero-order chi connectivity index (χ0) is 16.3. The van der Waals surface area contributed by atoms with E-state index in [0.717, 1.165) is 5.56 Å². The topological polar surface area (TPSA) is 75.7 Å². The smallest absolute Gasteiger partial charge is 0.337 e. The maximum Gasteiger partial charge on any atom is 0.337 e. The highest BCUT2D eigenvalue weighted by molar-refractivity contribution is 6.04. The van der Waals surface area contributed by atoms with Crippen LogP contribution in [-0.2, 0) is 16.1 Å². The molecule has 0 spiro atoms. The van der Waals surface area contributed by atoms with Gasteiger partial charge in [0.1, 0.15) is 6.04 Å². The Morgan fingerprint density at radius 3 is 2.45 bits per heavy atom. The predicted octanol–water partition coefficient (Wildman–Crippen LogP) is 1.94. The van der Waals surface area contributed by atoms with Crippen LogP contribution in [0.4, 0.5) is 4.79 Å². The molecule has 6 heteroatoms. The molecule has 1 fully saturated rings. The van der Waals surface area contributed by atoms with E-state index in [2.05, 4.69) is 10.1 Å². The van der Waals surface area contributed by atoms with Crippen molar-refractivity contribution in [2.75, 3.05) is 7.11 Å². The average molecular weight is 304 g/mol. The molecule has 1 saturated heterocycles. The summed E-state index contributed by atoms with van der Waals surface area (Å²) in [4.78, 5) is 36.7. The Labute approximate surface area is 129 Å². The molecule has 0 aliphatic carbocycles. The van der Waals surface area contributed by atoms with Crippen LogP contribution >= 0.6 is 0 Å². The van der Waals surface area contributed by atoms with Crippen LogP contribution in [0.15, 0.2) is 24.3 Å². The first-order valence-corrected chi connectivity index (χ1v) is 7.21. The van der Waals surface area contributed by atoms with Gasteiger partial charge in [0.05, 0.1) is 19.2 Å². The molecule has 22 heavy (non-hydrogen) atoms. The average Bonchev–Trinajstić information content (AvgIpc) is 2.74. The van der Waals surface area contributed by atoms with Crippen LogP contribution in [0.1, 0.15) is 36.2 Å². The van der Waals surface area contributed by atoms with Crippen LogP contribution < -0.4 is 5.32 Å². The van der Waals surface area contributed by atoms with Gasteiger partial charge in [0.15, 0.2) is 0 Å². The molecule has 1 aromatic carbocycles. The van der Waals surface area contributed by atoms with E-state index >= 15 is 0 Å². The fourth-order valence-electron chi connectivity index (χ4n) is 2.40. The number of carbonyl (C=O) groups excluding carboxylic acids is 3. The van der Waals surface area contributed by atoms with Crippen molar-refractivity contribution in [1.82, 2.24) is 10.2 Å². The number of rotatable bonds is 5. The summed E-state index contributed by atoms with van der Waals surface area (Å²) in [6, 6.07) is 5.84. The Balaban J connectivity index is 2.05. The first-order chi connectivity index (χ1) is 10.4. The minimum atomic E-state index is -0.443. The van der Waals surface area contributed by atoms with Gasteiger partial charge in [-0.2, -0.15) is 0 Å². The fourth-order valence-corrected chi connectivity index (χ4v) is 2.40. The van der Waals surface area contributed by atoms with E-state index in [1.165, 1.54) is 12.0 Å². The molecule has 1 aliphatic heterocycles. The third kappa shape index (κ3) is 3.44. The number of ether oxygens (including phenoxy) is 1. The van der Waals surface area contributed by atoms with Crippen molar-refractivity contribution < 1.29 is 19.1 Å². The molecule has 118 valence electrons. The molecule has 0 saturated carbocycles. The van der Waals surface area contributed by atoms with Crippen LogP contribution in [0.5, 0.6) is 0 Å². The van der Waals surface area contributed by atoms with E-state index < -0.39 is 12.0 Å². The number of nitrogens with zero attached hydrogens (tertiary/aromatic N) is 1. The van der Waals surface area contributed by atoms with Gasteiger partial charge in [-0.15, -0.1) is 0 Å². The fraction of sp³-hybridized carbons (Fsp3) is 0.438. The summed E-state index contributed by atoms with van der Waals surface area (Å²) in [7, 11) is 1.32. The van der Waals surface area contributed by atoms with E-state index in [-0.39, 0.29) is 18.5 Å². The number of carbonyl (C=O) groups is 3. The van der Waals surface area contributed by atoms with E-state index in [1.54, 1.807) is 24.3 Å². The lowest BCUT2D eigenvalue weighted by Crippen LogP contribution is -2.31. The van der Waals surface area contributed by atoms with E-state index in [0.29, 0.717) is 17.9 Å². The second kappa shape index (κ2) is 6.60. The van der Waals surface area contributed by atoms with Gasteiger partial charge in [0, 0.05) is 0 Å². The van der Waals surface area contributed by atoms with Crippen LogP contribution in [0.25, 0.3) is 0 Å². The van der Waals surface area contributed by atoms with Gasteiger partial charge in [-0.25, -0.2) is 9.59 Å². The molecular weight excluding hydrogens is 284 g/mol. The highest BCUT2D eigenvalue weighted by Gasteiger charge is 2.37. The van der Waals surface area contributed by atoms with Gasteiger partial charge in [-0.05, 0) is 30.0 Å². The van der Waals surface area contributed by atoms with E-state index in [1.807, 2.05) is 13.8 Å². The van der Waals surface area contributed by atoms with Crippen molar-refractivity contribution in [3.63, 3.8) is 0 Å². The monoisotopic (exact) mass is 304 g/mol. The number of esters is 1. The summed E-state index contributed by atoms with van der Waals surface area (Å²) in [5.74, 6) is -0.289. The van der Waals surface area contributed by atoms with Crippen molar-refractivity contribution >= 4 is 17.9 Å². The number of hydrogen-bond acceptors (Lipinski definition) is 4. The number of imide groups is 1. The van der Waals surface area contributed by atoms with Gasteiger partial charge in [-0.3, -0.25) is 9.69 Å². The Bertz CT molecular complexity index is 580. The molecule has 6 nitrogen and oxygen atoms in total. The minimum Gasteiger partial charge on any atom is -0.465 e. The van der Waals surface area contributed by atoms with Crippen molar-refractivity contribution in [3.05, 3.63) is 35.4 Å². The Hall–Kier alpha value is -2.37. The van der Waals surface area contributed by atoms with E-state index in [9.17, 15) is 14.4 Å². The third-order valence-corrected chi connectivity index (χ3v) is 3.53. The third-order valence-electron chi connectivity index (χ3n) is 3.53. The normalized spacial score (nSPS) is 17.8. The van der Waals surface area contributed by atoms with Gasteiger partial charge in [-0.1, -0.05) is 26.0 Å². The van der Waals surface area contributed by atoms with E-state index in [4.69, 9.17) is 0 Å². The standard InChI is InChI=1S/C16H20N2O4/c1-10(2)8-13-14(19)18(16(21)17-13)9-11-4-6-12(7-5-11)15(20)22-3/h4-7,10,13H,8-9H2,1-3H3,(H,17,21)/t13-/m1/s1. The number of hydrogen-bond donors (Lipinski definition) is 1. The molecule has 1 aromatic rings.